The minimum absolute atomic E-state index is 0.0801. The number of aryl methyl sites for hydroxylation is 1. The monoisotopic (exact) mass is 332 g/mol. The summed E-state index contributed by atoms with van der Waals surface area (Å²) < 4.78 is 23.0. The second-order valence-corrected chi connectivity index (χ2v) is 8.11. The number of nitrogens with zero attached hydrogens (tertiary/aromatic N) is 2. The van der Waals surface area contributed by atoms with E-state index in [-0.39, 0.29) is 17.5 Å². The molecular formula is C16H20N4O2S. The highest BCUT2D eigenvalue weighted by Crippen LogP contribution is 2.22. The zero-order chi connectivity index (χ0) is 16.4. The maximum atomic E-state index is 11.5. The van der Waals surface area contributed by atoms with Gasteiger partial charge in [0.05, 0.1) is 11.5 Å². The van der Waals surface area contributed by atoms with Crippen LogP contribution >= 0.6 is 0 Å². The van der Waals surface area contributed by atoms with Gasteiger partial charge in [0.1, 0.15) is 5.82 Å². The summed E-state index contributed by atoms with van der Waals surface area (Å²) in [6.07, 6.45) is 2.28. The predicted molar refractivity (Wildman–Crippen MR) is 91.9 cm³/mol. The number of rotatable bonds is 4. The molecule has 1 aliphatic heterocycles. The molecular weight excluding hydrogens is 312 g/mol. The Kier molecular flexibility index (Phi) is 4.21. The lowest BCUT2D eigenvalue weighted by Crippen LogP contribution is -2.21. The number of hydrogen-bond donors (Lipinski definition) is 2. The molecule has 1 fully saturated rings. The van der Waals surface area contributed by atoms with Gasteiger partial charge < -0.3 is 10.6 Å². The van der Waals surface area contributed by atoms with E-state index in [1.54, 1.807) is 12.3 Å². The zero-order valence-corrected chi connectivity index (χ0v) is 14.0. The van der Waals surface area contributed by atoms with Crippen molar-refractivity contribution in [3.8, 4) is 0 Å². The molecule has 7 heteroatoms. The van der Waals surface area contributed by atoms with Crippen LogP contribution in [0.2, 0.25) is 0 Å². The third-order valence-corrected chi connectivity index (χ3v) is 5.86. The summed E-state index contributed by atoms with van der Waals surface area (Å²) in [6, 6.07) is 7.69. The number of hydrogen-bond acceptors (Lipinski definition) is 6. The van der Waals surface area contributed by atoms with Crippen molar-refractivity contribution in [2.75, 3.05) is 22.1 Å². The third-order valence-electron chi connectivity index (χ3n) is 4.09. The van der Waals surface area contributed by atoms with Crippen LogP contribution < -0.4 is 10.6 Å². The van der Waals surface area contributed by atoms with E-state index < -0.39 is 9.84 Å². The van der Waals surface area contributed by atoms with Gasteiger partial charge in [0, 0.05) is 17.9 Å². The van der Waals surface area contributed by atoms with E-state index in [0.29, 0.717) is 18.2 Å². The van der Waals surface area contributed by atoms with Crippen molar-refractivity contribution in [1.82, 2.24) is 9.97 Å². The standard InChI is InChI=1S/C16H20N4O2S/c1-11-4-3-5-14(12(11)2)19-16-17-8-6-15(20-16)18-13-7-9-23(21,22)10-13/h3-6,8,13H,7,9-10H2,1-2H3,(H2,17,18,19,20). The molecule has 1 aliphatic rings. The van der Waals surface area contributed by atoms with Crippen molar-refractivity contribution in [1.29, 1.82) is 0 Å². The van der Waals surface area contributed by atoms with Crippen LogP contribution in [0.25, 0.3) is 0 Å². The molecule has 2 heterocycles. The Morgan fingerprint density at radius 1 is 1.22 bits per heavy atom. The third kappa shape index (κ3) is 3.79. The molecule has 0 aliphatic carbocycles. The van der Waals surface area contributed by atoms with Crippen LogP contribution in [0.5, 0.6) is 0 Å². The Balaban J connectivity index is 1.74. The van der Waals surface area contributed by atoms with Gasteiger partial charge in [-0.3, -0.25) is 0 Å². The normalized spacial score (nSPS) is 19.5. The van der Waals surface area contributed by atoms with Crippen molar-refractivity contribution in [2.24, 2.45) is 0 Å². The summed E-state index contributed by atoms with van der Waals surface area (Å²) in [6.45, 7) is 4.10. The molecule has 0 spiro atoms. The van der Waals surface area contributed by atoms with E-state index in [4.69, 9.17) is 0 Å². The van der Waals surface area contributed by atoms with E-state index in [2.05, 4.69) is 33.6 Å². The molecule has 0 amide bonds. The van der Waals surface area contributed by atoms with E-state index in [9.17, 15) is 8.42 Å². The maximum absolute atomic E-state index is 11.5. The van der Waals surface area contributed by atoms with E-state index in [0.717, 1.165) is 11.3 Å². The van der Waals surface area contributed by atoms with Gasteiger partial charge in [-0.05, 0) is 43.5 Å². The maximum Gasteiger partial charge on any atom is 0.229 e. The topological polar surface area (TPSA) is 84.0 Å². The Hall–Kier alpha value is -2.15. The summed E-state index contributed by atoms with van der Waals surface area (Å²) in [7, 11) is -2.91. The number of nitrogens with one attached hydrogen (secondary N) is 2. The highest BCUT2D eigenvalue weighted by molar-refractivity contribution is 7.91. The summed E-state index contributed by atoms with van der Waals surface area (Å²) in [4.78, 5) is 8.65. The molecule has 2 N–H and O–H groups in total. The molecule has 3 rings (SSSR count). The van der Waals surface area contributed by atoms with Gasteiger partial charge in [0.15, 0.2) is 9.84 Å². The highest BCUT2D eigenvalue weighted by Gasteiger charge is 2.27. The quantitative estimate of drug-likeness (QED) is 0.894. The van der Waals surface area contributed by atoms with Crippen molar-refractivity contribution in [2.45, 2.75) is 26.3 Å². The van der Waals surface area contributed by atoms with Crippen molar-refractivity contribution in [3.05, 3.63) is 41.6 Å². The van der Waals surface area contributed by atoms with Gasteiger partial charge in [-0.1, -0.05) is 12.1 Å². The Morgan fingerprint density at radius 2 is 2.04 bits per heavy atom. The second kappa shape index (κ2) is 6.16. The number of anilines is 3. The fourth-order valence-electron chi connectivity index (χ4n) is 2.62. The largest absolute Gasteiger partial charge is 0.366 e. The lowest BCUT2D eigenvalue weighted by molar-refractivity contribution is 0.602. The second-order valence-electron chi connectivity index (χ2n) is 5.88. The first-order valence-corrected chi connectivity index (χ1v) is 9.38. The lowest BCUT2D eigenvalue weighted by atomic mass is 10.1. The summed E-state index contributed by atoms with van der Waals surface area (Å²) in [5.41, 5.74) is 3.31. The van der Waals surface area contributed by atoms with Crippen LogP contribution in [-0.4, -0.2) is 35.9 Å². The minimum atomic E-state index is -2.91. The fraction of sp³-hybridized carbons (Fsp3) is 0.375. The number of benzene rings is 1. The SMILES string of the molecule is Cc1cccc(Nc2nccc(NC3CCS(=O)(=O)C3)n2)c1C. The molecule has 0 radical (unpaired) electrons. The average molecular weight is 332 g/mol. The first-order valence-electron chi connectivity index (χ1n) is 7.56. The highest BCUT2D eigenvalue weighted by atomic mass is 32.2. The lowest BCUT2D eigenvalue weighted by Gasteiger charge is -2.13. The average Bonchev–Trinajstić information content (AvgIpc) is 2.83. The molecule has 6 nitrogen and oxygen atoms in total. The fourth-order valence-corrected chi connectivity index (χ4v) is 4.30. The van der Waals surface area contributed by atoms with Gasteiger partial charge >= 0.3 is 0 Å². The first kappa shape index (κ1) is 15.7. The molecule has 2 aromatic rings. The van der Waals surface area contributed by atoms with Crippen molar-refractivity contribution >= 4 is 27.3 Å². The van der Waals surface area contributed by atoms with Crippen LogP contribution in [0.4, 0.5) is 17.5 Å². The van der Waals surface area contributed by atoms with Crippen LogP contribution in [0.15, 0.2) is 30.5 Å². The summed E-state index contributed by atoms with van der Waals surface area (Å²) in [5.74, 6) is 1.53. The molecule has 1 aromatic heterocycles. The van der Waals surface area contributed by atoms with Gasteiger partial charge in [0.25, 0.3) is 0 Å². The first-order chi connectivity index (χ1) is 10.9. The van der Waals surface area contributed by atoms with Crippen LogP contribution in [0.3, 0.4) is 0 Å². The van der Waals surface area contributed by atoms with E-state index >= 15 is 0 Å². The van der Waals surface area contributed by atoms with Gasteiger partial charge in [-0.25, -0.2) is 13.4 Å². The zero-order valence-electron chi connectivity index (χ0n) is 13.2. The molecule has 1 aromatic carbocycles. The van der Waals surface area contributed by atoms with Gasteiger partial charge in [-0.2, -0.15) is 4.98 Å². The molecule has 1 atom stereocenters. The Bertz CT molecular complexity index is 821. The van der Waals surface area contributed by atoms with Crippen LogP contribution in [0.1, 0.15) is 17.5 Å². The van der Waals surface area contributed by atoms with Crippen molar-refractivity contribution in [3.63, 3.8) is 0 Å². The number of sulfone groups is 1. The minimum Gasteiger partial charge on any atom is -0.366 e. The predicted octanol–water partition coefficient (Wildman–Crippen LogP) is 2.44. The molecule has 23 heavy (non-hydrogen) atoms. The summed E-state index contributed by atoms with van der Waals surface area (Å²) in [5, 5.41) is 6.39. The van der Waals surface area contributed by atoms with Crippen molar-refractivity contribution < 1.29 is 8.42 Å². The molecule has 0 bridgehead atoms. The molecule has 1 unspecified atom stereocenters. The smallest absolute Gasteiger partial charge is 0.229 e. The molecule has 0 saturated carbocycles. The van der Waals surface area contributed by atoms with Crippen LogP contribution in [0, 0.1) is 13.8 Å². The molecule has 122 valence electrons. The van der Waals surface area contributed by atoms with E-state index in [1.807, 2.05) is 19.1 Å². The molecule has 1 saturated heterocycles. The Morgan fingerprint density at radius 3 is 2.78 bits per heavy atom. The number of aromatic nitrogens is 2. The Labute approximate surface area is 136 Å². The van der Waals surface area contributed by atoms with Crippen LogP contribution in [-0.2, 0) is 9.84 Å². The summed E-state index contributed by atoms with van der Waals surface area (Å²) >= 11 is 0. The van der Waals surface area contributed by atoms with Gasteiger partial charge in [-0.15, -0.1) is 0 Å². The van der Waals surface area contributed by atoms with Gasteiger partial charge in [0.2, 0.25) is 5.95 Å². The van der Waals surface area contributed by atoms with E-state index in [1.165, 1.54) is 5.56 Å².